The summed E-state index contributed by atoms with van der Waals surface area (Å²) in [6.07, 6.45) is 2.85. The highest BCUT2D eigenvalue weighted by Gasteiger charge is 2.44. The van der Waals surface area contributed by atoms with Gasteiger partial charge in [-0.15, -0.1) is 0 Å². The van der Waals surface area contributed by atoms with Gasteiger partial charge in [-0.05, 0) is 24.0 Å². The van der Waals surface area contributed by atoms with Gasteiger partial charge in [0.2, 0.25) is 0 Å². The van der Waals surface area contributed by atoms with Gasteiger partial charge in [0.05, 0.1) is 0 Å². The minimum atomic E-state index is -0.535. The molecule has 2 aromatic rings. The Morgan fingerprint density at radius 2 is 1.45 bits per heavy atom. The SMILES string of the molecule is [C-]#[N+]C1(CCBr)c2ccccc2CCc2ccccc21. The molecule has 0 heterocycles. The van der Waals surface area contributed by atoms with Crippen molar-refractivity contribution in [2.45, 2.75) is 24.8 Å². The van der Waals surface area contributed by atoms with E-state index in [2.05, 4.69) is 69.3 Å². The summed E-state index contributed by atoms with van der Waals surface area (Å²) in [4.78, 5) is 4.13. The average molecular weight is 326 g/mol. The lowest BCUT2D eigenvalue weighted by molar-refractivity contribution is 0.616. The molecule has 0 atom stereocenters. The van der Waals surface area contributed by atoms with E-state index in [1.54, 1.807) is 0 Å². The summed E-state index contributed by atoms with van der Waals surface area (Å²) < 4.78 is 0. The zero-order valence-corrected chi connectivity index (χ0v) is 12.9. The first-order chi connectivity index (χ1) is 9.81. The number of halogens is 1. The van der Waals surface area contributed by atoms with Gasteiger partial charge >= 0.3 is 0 Å². The lowest BCUT2D eigenvalue weighted by atomic mass is 9.79. The third-order valence-corrected chi connectivity index (χ3v) is 4.63. The number of aryl methyl sites for hydroxylation is 2. The monoisotopic (exact) mass is 325 g/mol. The fourth-order valence-electron chi connectivity index (χ4n) is 3.28. The zero-order chi connectivity index (χ0) is 14.0. The van der Waals surface area contributed by atoms with Crippen molar-refractivity contribution in [3.8, 4) is 0 Å². The first-order valence-corrected chi connectivity index (χ1v) is 8.05. The van der Waals surface area contributed by atoms with E-state index in [0.29, 0.717) is 0 Å². The molecule has 0 N–H and O–H groups in total. The van der Waals surface area contributed by atoms with Crippen LogP contribution in [0.3, 0.4) is 0 Å². The molecule has 3 rings (SSSR count). The predicted molar refractivity (Wildman–Crippen MR) is 86.1 cm³/mol. The molecule has 0 aromatic heterocycles. The van der Waals surface area contributed by atoms with Crippen molar-refractivity contribution >= 4 is 15.9 Å². The van der Waals surface area contributed by atoms with Crippen LogP contribution in [0.4, 0.5) is 0 Å². The topological polar surface area (TPSA) is 4.36 Å². The molecule has 20 heavy (non-hydrogen) atoms. The molecule has 2 heteroatoms. The number of nitrogens with zero attached hydrogens (tertiary/aromatic N) is 1. The number of hydrogen-bond acceptors (Lipinski definition) is 0. The van der Waals surface area contributed by atoms with E-state index in [9.17, 15) is 0 Å². The van der Waals surface area contributed by atoms with Crippen LogP contribution in [0.1, 0.15) is 28.7 Å². The van der Waals surface area contributed by atoms with Crippen molar-refractivity contribution in [3.63, 3.8) is 0 Å². The maximum atomic E-state index is 7.91. The second kappa shape index (κ2) is 5.42. The van der Waals surface area contributed by atoms with Gasteiger partial charge in [-0.1, -0.05) is 64.5 Å². The quantitative estimate of drug-likeness (QED) is 0.555. The van der Waals surface area contributed by atoms with Crippen LogP contribution in [-0.2, 0) is 18.4 Å². The molecule has 0 amide bonds. The molecular weight excluding hydrogens is 310 g/mol. The Labute approximate surface area is 128 Å². The Morgan fingerprint density at radius 3 is 1.90 bits per heavy atom. The molecule has 0 unspecified atom stereocenters. The van der Waals surface area contributed by atoms with Gasteiger partial charge in [0, 0.05) is 22.9 Å². The van der Waals surface area contributed by atoms with Crippen LogP contribution in [-0.4, -0.2) is 5.33 Å². The van der Waals surface area contributed by atoms with E-state index in [0.717, 1.165) is 24.6 Å². The van der Waals surface area contributed by atoms with Crippen LogP contribution >= 0.6 is 15.9 Å². The van der Waals surface area contributed by atoms with E-state index in [1.807, 2.05) is 0 Å². The minimum Gasteiger partial charge on any atom is -0.300 e. The van der Waals surface area contributed by atoms with Gasteiger partial charge in [0.1, 0.15) is 0 Å². The van der Waals surface area contributed by atoms with Gasteiger partial charge < -0.3 is 0 Å². The predicted octanol–water partition coefficient (Wildman–Crippen LogP) is 4.73. The Kier molecular flexibility index (Phi) is 3.63. The second-order valence-electron chi connectivity index (χ2n) is 5.23. The molecule has 0 fully saturated rings. The van der Waals surface area contributed by atoms with Crippen molar-refractivity contribution in [1.82, 2.24) is 0 Å². The van der Waals surface area contributed by atoms with Gasteiger partial charge in [-0.3, -0.25) is 4.85 Å². The molecule has 0 spiro atoms. The second-order valence-corrected chi connectivity index (χ2v) is 6.02. The standard InChI is InChI=1S/C18H16BrN/c1-20-18(12-13-19)16-8-4-2-6-14(16)10-11-15-7-3-5-9-17(15)18/h2-9H,10-13H2. The first-order valence-electron chi connectivity index (χ1n) is 6.93. The summed E-state index contributed by atoms with van der Waals surface area (Å²) in [6.45, 7) is 7.91. The normalized spacial score (nSPS) is 15.6. The highest BCUT2D eigenvalue weighted by atomic mass is 79.9. The summed E-state index contributed by atoms with van der Waals surface area (Å²) in [5.41, 5.74) is 4.49. The summed E-state index contributed by atoms with van der Waals surface area (Å²) in [6, 6.07) is 16.9. The molecule has 1 aliphatic carbocycles. The molecule has 0 radical (unpaired) electrons. The number of benzene rings is 2. The highest BCUT2D eigenvalue weighted by Crippen LogP contribution is 2.43. The lowest BCUT2D eigenvalue weighted by Gasteiger charge is -2.24. The van der Waals surface area contributed by atoms with Crippen molar-refractivity contribution in [2.24, 2.45) is 0 Å². The third kappa shape index (κ3) is 1.98. The molecule has 1 nitrogen and oxygen atoms in total. The van der Waals surface area contributed by atoms with E-state index in [1.165, 1.54) is 22.3 Å². The van der Waals surface area contributed by atoms with E-state index in [4.69, 9.17) is 6.57 Å². The third-order valence-electron chi connectivity index (χ3n) is 4.24. The molecule has 1 aliphatic rings. The molecule has 2 aromatic carbocycles. The van der Waals surface area contributed by atoms with Crippen LogP contribution in [0, 0.1) is 6.57 Å². The summed E-state index contributed by atoms with van der Waals surface area (Å²) in [7, 11) is 0. The van der Waals surface area contributed by atoms with Crippen molar-refractivity contribution in [3.05, 3.63) is 82.2 Å². The van der Waals surface area contributed by atoms with Gasteiger partial charge in [-0.2, -0.15) is 0 Å². The number of alkyl halides is 1. The van der Waals surface area contributed by atoms with Crippen LogP contribution in [0.5, 0.6) is 0 Å². The Balaban J connectivity index is 2.32. The van der Waals surface area contributed by atoms with Gasteiger partial charge in [0.15, 0.2) is 0 Å². The van der Waals surface area contributed by atoms with E-state index >= 15 is 0 Å². The highest BCUT2D eigenvalue weighted by molar-refractivity contribution is 9.09. The molecular formula is C18H16BrN. The fourth-order valence-corrected chi connectivity index (χ4v) is 3.85. The summed E-state index contributed by atoms with van der Waals surface area (Å²) >= 11 is 3.55. The Bertz CT molecular complexity index is 622. The van der Waals surface area contributed by atoms with Gasteiger partial charge in [0.25, 0.3) is 5.54 Å². The van der Waals surface area contributed by atoms with E-state index in [-0.39, 0.29) is 0 Å². The Morgan fingerprint density at radius 1 is 0.950 bits per heavy atom. The van der Waals surface area contributed by atoms with E-state index < -0.39 is 5.54 Å². The minimum absolute atomic E-state index is 0.535. The Hall–Kier alpha value is -1.59. The van der Waals surface area contributed by atoms with Crippen LogP contribution in [0.15, 0.2) is 48.5 Å². The van der Waals surface area contributed by atoms with Crippen LogP contribution in [0.2, 0.25) is 0 Å². The first kappa shape index (κ1) is 13.4. The number of rotatable bonds is 2. The average Bonchev–Trinajstić information content (AvgIpc) is 2.64. The van der Waals surface area contributed by atoms with Crippen molar-refractivity contribution in [2.75, 3.05) is 5.33 Å². The molecule has 0 saturated carbocycles. The summed E-state index contributed by atoms with van der Waals surface area (Å²) in [5.74, 6) is 0. The zero-order valence-electron chi connectivity index (χ0n) is 11.3. The van der Waals surface area contributed by atoms with Crippen LogP contribution < -0.4 is 0 Å². The fraction of sp³-hybridized carbons (Fsp3) is 0.278. The molecule has 0 bridgehead atoms. The molecule has 0 saturated heterocycles. The maximum absolute atomic E-state index is 7.91. The summed E-state index contributed by atoms with van der Waals surface area (Å²) in [5, 5.41) is 0.831. The maximum Gasteiger partial charge on any atom is 0.283 e. The number of hydrogen-bond donors (Lipinski definition) is 0. The lowest BCUT2D eigenvalue weighted by Crippen LogP contribution is -2.25. The molecule has 0 aliphatic heterocycles. The van der Waals surface area contributed by atoms with Gasteiger partial charge in [-0.25, -0.2) is 6.57 Å². The molecule has 100 valence electrons. The number of fused-ring (bicyclic) bond motifs is 2. The smallest absolute Gasteiger partial charge is 0.283 e. The largest absolute Gasteiger partial charge is 0.300 e. The van der Waals surface area contributed by atoms with Crippen LogP contribution in [0.25, 0.3) is 4.85 Å². The van der Waals surface area contributed by atoms with Crippen molar-refractivity contribution in [1.29, 1.82) is 0 Å². The van der Waals surface area contributed by atoms with Crippen molar-refractivity contribution < 1.29 is 0 Å².